The molecule has 0 unspecified atom stereocenters. The number of aromatic carboxylic acids is 1. The van der Waals surface area contributed by atoms with Crippen molar-refractivity contribution in [3.8, 4) is 5.75 Å². The number of anilines is 1. The van der Waals surface area contributed by atoms with Crippen LogP contribution in [0.5, 0.6) is 5.75 Å². The Morgan fingerprint density at radius 2 is 2.11 bits per heavy atom. The molecule has 138 valence electrons. The van der Waals surface area contributed by atoms with Gasteiger partial charge in [-0.15, -0.1) is 0 Å². The number of carboxylic acid groups (broad SMARTS) is 1. The lowest BCUT2D eigenvalue weighted by molar-refractivity contribution is -0.113. The molecule has 0 spiro atoms. The smallest absolute Gasteiger partial charge is 0.335 e. The van der Waals surface area contributed by atoms with E-state index in [1.807, 2.05) is 25.1 Å². The fraction of sp³-hybridized carbons (Fsp3) is 0.105. The van der Waals surface area contributed by atoms with E-state index in [1.54, 1.807) is 18.2 Å². The summed E-state index contributed by atoms with van der Waals surface area (Å²) >= 11 is 9.95. The van der Waals surface area contributed by atoms with Crippen molar-refractivity contribution in [2.24, 2.45) is 0 Å². The molecular weight excluding hydrogens is 450 g/mol. The van der Waals surface area contributed by atoms with Crippen LogP contribution >= 0.6 is 39.9 Å². The van der Waals surface area contributed by atoms with E-state index in [9.17, 15) is 9.59 Å². The molecule has 0 radical (unpaired) electrons. The van der Waals surface area contributed by atoms with Crippen LogP contribution in [0.15, 0.2) is 51.8 Å². The lowest BCUT2D eigenvalue weighted by Gasteiger charge is -2.15. The third kappa shape index (κ3) is 4.23. The summed E-state index contributed by atoms with van der Waals surface area (Å²) in [5, 5.41) is 9.17. The molecular formula is C19H14BrNO4S2. The van der Waals surface area contributed by atoms with Crippen molar-refractivity contribution < 1.29 is 19.4 Å². The van der Waals surface area contributed by atoms with Gasteiger partial charge in [0.25, 0.3) is 5.91 Å². The van der Waals surface area contributed by atoms with E-state index in [-0.39, 0.29) is 11.5 Å². The summed E-state index contributed by atoms with van der Waals surface area (Å²) in [6.07, 6.45) is 1.73. The molecule has 5 nitrogen and oxygen atoms in total. The number of carbonyl (C=O) groups is 2. The van der Waals surface area contributed by atoms with Gasteiger partial charge in [0.05, 0.1) is 22.8 Å². The summed E-state index contributed by atoms with van der Waals surface area (Å²) in [6.45, 7) is 2.39. The predicted molar refractivity (Wildman–Crippen MR) is 114 cm³/mol. The van der Waals surface area contributed by atoms with E-state index in [0.717, 1.165) is 10.0 Å². The summed E-state index contributed by atoms with van der Waals surface area (Å²) in [4.78, 5) is 25.9. The van der Waals surface area contributed by atoms with Crippen LogP contribution in [0.3, 0.4) is 0 Å². The number of ether oxygens (including phenoxy) is 1. The van der Waals surface area contributed by atoms with E-state index < -0.39 is 5.97 Å². The first-order valence-electron chi connectivity index (χ1n) is 7.94. The molecule has 0 aromatic heterocycles. The number of halogens is 1. The van der Waals surface area contributed by atoms with E-state index in [4.69, 9.17) is 22.1 Å². The van der Waals surface area contributed by atoms with Gasteiger partial charge in [-0.2, -0.15) is 0 Å². The number of thioether (sulfide) groups is 1. The van der Waals surface area contributed by atoms with Crippen LogP contribution in [0.2, 0.25) is 0 Å². The van der Waals surface area contributed by atoms with Gasteiger partial charge in [0.1, 0.15) is 5.75 Å². The van der Waals surface area contributed by atoms with Gasteiger partial charge in [0.15, 0.2) is 4.32 Å². The monoisotopic (exact) mass is 463 g/mol. The second-order valence-electron chi connectivity index (χ2n) is 5.49. The van der Waals surface area contributed by atoms with Crippen molar-refractivity contribution in [1.29, 1.82) is 0 Å². The third-order valence-corrected chi connectivity index (χ3v) is 5.50. The number of benzene rings is 2. The topological polar surface area (TPSA) is 66.8 Å². The van der Waals surface area contributed by atoms with Crippen molar-refractivity contribution >= 4 is 67.9 Å². The van der Waals surface area contributed by atoms with Crippen molar-refractivity contribution in [3.63, 3.8) is 0 Å². The lowest BCUT2D eigenvalue weighted by atomic mass is 10.1. The molecule has 8 heteroatoms. The zero-order valence-corrected chi connectivity index (χ0v) is 17.4. The minimum atomic E-state index is -1.06. The van der Waals surface area contributed by atoms with Crippen molar-refractivity contribution in [2.45, 2.75) is 6.92 Å². The molecule has 2 aromatic rings. The molecule has 0 aliphatic carbocycles. The normalized spacial score (nSPS) is 15.5. The second kappa shape index (κ2) is 8.24. The molecule has 27 heavy (non-hydrogen) atoms. The van der Waals surface area contributed by atoms with Gasteiger partial charge in [0.2, 0.25) is 0 Å². The Balaban J connectivity index is 1.97. The zero-order valence-electron chi connectivity index (χ0n) is 14.1. The van der Waals surface area contributed by atoms with Crippen LogP contribution in [0.1, 0.15) is 22.8 Å². The highest BCUT2D eigenvalue weighted by Crippen LogP contribution is 2.37. The fourth-order valence-corrected chi connectivity index (χ4v) is 4.20. The number of amides is 1. The molecule has 1 amide bonds. The number of carbonyl (C=O) groups excluding carboxylic acids is 1. The molecule has 1 heterocycles. The van der Waals surface area contributed by atoms with Gasteiger partial charge in [0, 0.05) is 10.0 Å². The fourth-order valence-electron chi connectivity index (χ4n) is 2.53. The minimum Gasteiger partial charge on any atom is -0.493 e. The summed E-state index contributed by atoms with van der Waals surface area (Å²) in [5.74, 6) is -0.692. The number of rotatable bonds is 5. The predicted octanol–water partition coefficient (Wildman–Crippen LogP) is 4.95. The second-order valence-corrected chi connectivity index (χ2v) is 8.08. The maximum atomic E-state index is 12.9. The van der Waals surface area contributed by atoms with Crippen LogP contribution in [0.25, 0.3) is 6.08 Å². The summed E-state index contributed by atoms with van der Waals surface area (Å²) in [7, 11) is 0. The van der Waals surface area contributed by atoms with Crippen molar-refractivity contribution in [3.05, 3.63) is 63.0 Å². The van der Waals surface area contributed by atoms with E-state index in [0.29, 0.717) is 27.3 Å². The molecule has 0 bridgehead atoms. The van der Waals surface area contributed by atoms with Crippen LogP contribution in [0.4, 0.5) is 5.69 Å². The zero-order chi connectivity index (χ0) is 19.6. The van der Waals surface area contributed by atoms with Crippen molar-refractivity contribution in [2.75, 3.05) is 11.5 Å². The Labute approximate surface area is 174 Å². The number of hydrogen-bond acceptors (Lipinski definition) is 5. The van der Waals surface area contributed by atoms with Gasteiger partial charge >= 0.3 is 5.97 Å². The molecule has 2 aromatic carbocycles. The van der Waals surface area contributed by atoms with E-state index >= 15 is 0 Å². The molecule has 3 rings (SSSR count). The summed E-state index contributed by atoms with van der Waals surface area (Å²) < 4.78 is 6.83. The van der Waals surface area contributed by atoms with Crippen LogP contribution in [-0.4, -0.2) is 27.9 Å². The van der Waals surface area contributed by atoms with Crippen LogP contribution < -0.4 is 9.64 Å². The molecule has 0 atom stereocenters. The summed E-state index contributed by atoms with van der Waals surface area (Å²) in [5.41, 5.74) is 1.28. The standard InChI is InChI=1S/C19H14BrNO4S2/c1-2-25-15-7-6-13(20)8-12(15)10-16-17(22)21(19(26)27-16)14-5-3-4-11(9-14)18(23)24/h3-10H,2H2,1H3,(H,23,24). The van der Waals surface area contributed by atoms with Gasteiger partial charge in [-0.25, -0.2) is 4.79 Å². The molecule has 1 N–H and O–H groups in total. The number of thiocarbonyl (C=S) groups is 1. The molecule has 1 saturated heterocycles. The Hall–Kier alpha value is -2.16. The van der Waals surface area contributed by atoms with Gasteiger partial charge < -0.3 is 9.84 Å². The van der Waals surface area contributed by atoms with Gasteiger partial charge in [-0.1, -0.05) is 46.0 Å². The van der Waals surface area contributed by atoms with Crippen LogP contribution in [-0.2, 0) is 4.79 Å². The van der Waals surface area contributed by atoms with Gasteiger partial charge in [-0.3, -0.25) is 9.69 Å². The molecule has 1 aliphatic heterocycles. The van der Waals surface area contributed by atoms with Crippen molar-refractivity contribution in [1.82, 2.24) is 0 Å². The highest BCUT2D eigenvalue weighted by atomic mass is 79.9. The number of nitrogens with zero attached hydrogens (tertiary/aromatic N) is 1. The lowest BCUT2D eigenvalue weighted by Crippen LogP contribution is -2.27. The average molecular weight is 464 g/mol. The maximum Gasteiger partial charge on any atom is 0.335 e. The third-order valence-electron chi connectivity index (χ3n) is 3.70. The molecule has 1 fully saturated rings. The Morgan fingerprint density at radius 3 is 2.81 bits per heavy atom. The minimum absolute atomic E-state index is 0.0937. The first-order valence-corrected chi connectivity index (χ1v) is 9.96. The Kier molecular flexibility index (Phi) is 5.98. The number of hydrogen-bond donors (Lipinski definition) is 1. The Morgan fingerprint density at radius 1 is 1.33 bits per heavy atom. The van der Waals surface area contributed by atoms with E-state index in [2.05, 4.69) is 15.9 Å². The highest BCUT2D eigenvalue weighted by Gasteiger charge is 2.33. The first-order chi connectivity index (χ1) is 12.9. The van der Waals surface area contributed by atoms with E-state index in [1.165, 1.54) is 28.8 Å². The first kappa shape index (κ1) is 19.6. The molecule has 1 aliphatic rings. The maximum absolute atomic E-state index is 12.9. The molecule has 0 saturated carbocycles. The Bertz CT molecular complexity index is 974. The SMILES string of the molecule is CCOc1ccc(Br)cc1C=C1SC(=S)N(c2cccc(C(=O)O)c2)C1=O. The highest BCUT2D eigenvalue weighted by molar-refractivity contribution is 9.10. The van der Waals surface area contributed by atoms with Gasteiger partial charge in [-0.05, 0) is 49.4 Å². The quantitative estimate of drug-likeness (QED) is 0.499. The number of carboxylic acids is 1. The van der Waals surface area contributed by atoms with Crippen LogP contribution in [0, 0.1) is 0 Å². The summed E-state index contributed by atoms with van der Waals surface area (Å²) in [6, 6.07) is 11.7. The average Bonchev–Trinajstić information content (AvgIpc) is 2.91. The largest absolute Gasteiger partial charge is 0.493 e.